The number of anilines is 2. The molecule has 0 radical (unpaired) electrons. The summed E-state index contributed by atoms with van der Waals surface area (Å²) in [6, 6.07) is 64.2. The second-order valence-corrected chi connectivity index (χ2v) is 25.6. The van der Waals surface area contributed by atoms with Crippen molar-refractivity contribution in [1.29, 1.82) is 0 Å². The summed E-state index contributed by atoms with van der Waals surface area (Å²) in [5, 5.41) is 4.90. The first-order chi connectivity index (χ1) is 36.4. The van der Waals surface area contributed by atoms with E-state index >= 15 is 0 Å². The van der Waals surface area contributed by atoms with E-state index in [2.05, 4.69) is 260 Å². The fourth-order valence-corrected chi connectivity index (χ4v) is 13.7. The van der Waals surface area contributed by atoms with Crippen molar-refractivity contribution in [2.24, 2.45) is 0 Å². The molecule has 5 heterocycles. The lowest BCUT2D eigenvalue weighted by atomic mass is 9.43. The molecule has 2 aliphatic heterocycles. The molecule has 0 bridgehead atoms. The Morgan fingerprint density at radius 1 is 0.500 bits per heavy atom. The predicted molar refractivity (Wildman–Crippen MR) is 321 cm³/mol. The van der Waals surface area contributed by atoms with Gasteiger partial charge >= 0.3 is 6.85 Å². The van der Waals surface area contributed by atoms with E-state index in [4.69, 9.17) is 9.40 Å². The maximum Gasteiger partial charge on any atom is 0.333 e. The Hall–Kier alpha value is -8.09. The van der Waals surface area contributed by atoms with Gasteiger partial charge in [0.15, 0.2) is 0 Å². The first-order valence-corrected chi connectivity index (χ1v) is 27.2. The molecule has 0 saturated carbocycles. The van der Waals surface area contributed by atoms with Crippen LogP contribution in [0, 0.1) is 0 Å². The Bertz CT molecular complexity index is 4470. The van der Waals surface area contributed by atoms with E-state index in [0.717, 1.165) is 55.7 Å². The van der Waals surface area contributed by atoms with E-state index in [1.807, 2.05) is 0 Å². The quantitative estimate of drug-likeness (QED) is 0.166. The number of para-hydroxylation sites is 1. The molecule has 12 aromatic rings. The van der Waals surface area contributed by atoms with Crippen LogP contribution in [0.4, 0.5) is 11.4 Å². The zero-order chi connectivity index (χ0) is 52.1. The second kappa shape index (κ2) is 15.1. The van der Waals surface area contributed by atoms with E-state index < -0.39 is 0 Å². The van der Waals surface area contributed by atoms with Gasteiger partial charge in [0, 0.05) is 60.8 Å². The van der Waals surface area contributed by atoms with E-state index in [-0.39, 0.29) is 28.5 Å². The van der Waals surface area contributed by atoms with Crippen LogP contribution in [-0.4, -0.2) is 21.0 Å². The predicted octanol–water partition coefficient (Wildman–Crippen LogP) is 17.1. The largest absolute Gasteiger partial charge is 0.456 e. The van der Waals surface area contributed by atoms with Gasteiger partial charge in [-0.05, 0) is 138 Å². The SMILES string of the molecule is CC(C)(C)c1ccc(N2B3c4cc5nc(-c6ccccc6)n(-c6ccccc6)c5cc4-n4c5ccc(C(C)(C)C)cc5c5c6c(c(c3c54)-c3cc4oc5cc(C(C)(C)C)ccc5c4cc32)-c2ccccc2C6(C)C)cc1. The van der Waals surface area contributed by atoms with Gasteiger partial charge in [0.05, 0.1) is 22.1 Å². The van der Waals surface area contributed by atoms with Gasteiger partial charge < -0.3 is 13.8 Å². The van der Waals surface area contributed by atoms with Gasteiger partial charge in [-0.15, -0.1) is 0 Å². The third-order valence-electron chi connectivity index (χ3n) is 17.5. The highest BCUT2D eigenvalue weighted by atomic mass is 16.3. The van der Waals surface area contributed by atoms with Crippen LogP contribution >= 0.6 is 0 Å². The number of fused-ring (bicyclic) bond motifs is 17. The van der Waals surface area contributed by atoms with Gasteiger partial charge in [0.1, 0.15) is 17.0 Å². The summed E-state index contributed by atoms with van der Waals surface area (Å²) in [7, 11) is 0. The molecule has 0 N–H and O–H groups in total. The highest BCUT2D eigenvalue weighted by Gasteiger charge is 2.50. The molecular formula is C70H61BN4O. The van der Waals surface area contributed by atoms with Gasteiger partial charge in [0.2, 0.25) is 0 Å². The van der Waals surface area contributed by atoms with Crippen molar-refractivity contribution in [2.45, 2.75) is 97.8 Å². The van der Waals surface area contributed by atoms with Gasteiger partial charge in [-0.3, -0.25) is 4.57 Å². The summed E-state index contributed by atoms with van der Waals surface area (Å²) in [5.74, 6) is 0.921. The monoisotopic (exact) mass is 984 g/mol. The number of furan rings is 1. The summed E-state index contributed by atoms with van der Waals surface area (Å²) < 4.78 is 12.1. The van der Waals surface area contributed by atoms with Crippen molar-refractivity contribution in [1.82, 2.24) is 14.1 Å². The van der Waals surface area contributed by atoms with Crippen LogP contribution in [0.2, 0.25) is 0 Å². The number of aromatic nitrogens is 3. The van der Waals surface area contributed by atoms with Crippen LogP contribution in [0.25, 0.3) is 99.8 Å². The minimum Gasteiger partial charge on any atom is -0.456 e. The van der Waals surface area contributed by atoms with E-state index in [9.17, 15) is 0 Å². The molecule has 76 heavy (non-hydrogen) atoms. The molecule has 5 nitrogen and oxygen atoms in total. The van der Waals surface area contributed by atoms with Crippen LogP contribution in [0.5, 0.6) is 0 Å². The van der Waals surface area contributed by atoms with Crippen molar-refractivity contribution in [2.75, 3.05) is 4.81 Å². The molecule has 9 aromatic carbocycles. The topological polar surface area (TPSA) is 39.1 Å². The highest BCUT2D eigenvalue weighted by Crippen LogP contribution is 2.60. The first-order valence-electron chi connectivity index (χ1n) is 27.2. The average Bonchev–Trinajstić information content (AvgIpc) is 4.20. The third-order valence-corrected chi connectivity index (χ3v) is 17.5. The number of rotatable bonds is 3. The Morgan fingerprint density at radius 3 is 1.87 bits per heavy atom. The van der Waals surface area contributed by atoms with E-state index in [1.54, 1.807) is 0 Å². The minimum atomic E-state index is -0.318. The molecule has 370 valence electrons. The lowest BCUT2D eigenvalue weighted by Gasteiger charge is -2.43. The van der Waals surface area contributed by atoms with Crippen molar-refractivity contribution in [3.05, 3.63) is 198 Å². The van der Waals surface area contributed by atoms with E-state index in [0.29, 0.717) is 0 Å². The number of imidazole rings is 1. The van der Waals surface area contributed by atoms with Crippen molar-refractivity contribution < 1.29 is 4.42 Å². The number of nitrogens with zero attached hydrogens (tertiary/aromatic N) is 4. The van der Waals surface area contributed by atoms with Gasteiger partial charge in [-0.25, -0.2) is 4.98 Å². The molecule has 0 spiro atoms. The van der Waals surface area contributed by atoms with Gasteiger partial charge in [0.25, 0.3) is 0 Å². The van der Waals surface area contributed by atoms with Crippen LogP contribution in [-0.2, 0) is 21.7 Å². The molecule has 0 amide bonds. The Balaban J connectivity index is 1.17. The van der Waals surface area contributed by atoms with Gasteiger partial charge in [-0.2, -0.15) is 0 Å². The smallest absolute Gasteiger partial charge is 0.333 e. The van der Waals surface area contributed by atoms with Crippen LogP contribution < -0.4 is 15.7 Å². The molecule has 0 atom stereocenters. The van der Waals surface area contributed by atoms with Crippen LogP contribution in [0.3, 0.4) is 0 Å². The fourth-order valence-electron chi connectivity index (χ4n) is 13.7. The number of hydrogen-bond acceptors (Lipinski definition) is 3. The summed E-state index contributed by atoms with van der Waals surface area (Å²) in [6.45, 7) is 25.5. The summed E-state index contributed by atoms with van der Waals surface area (Å²) >= 11 is 0. The van der Waals surface area contributed by atoms with Crippen molar-refractivity contribution in [3.8, 4) is 45.0 Å². The van der Waals surface area contributed by atoms with Crippen LogP contribution in [0.15, 0.2) is 174 Å². The van der Waals surface area contributed by atoms with E-state index in [1.165, 1.54) is 94.2 Å². The summed E-state index contributed by atoms with van der Waals surface area (Å²) in [5.41, 5.74) is 25.9. The second-order valence-electron chi connectivity index (χ2n) is 25.6. The lowest BCUT2D eigenvalue weighted by molar-refractivity contribution is 0.587. The molecule has 1 aliphatic carbocycles. The lowest BCUT2D eigenvalue weighted by Crippen LogP contribution is -2.60. The maximum atomic E-state index is 7.09. The Labute approximate surface area is 445 Å². The average molecular weight is 985 g/mol. The molecule has 0 unspecified atom stereocenters. The molecule has 0 saturated heterocycles. The molecular weight excluding hydrogens is 924 g/mol. The molecule has 3 aromatic heterocycles. The molecule has 15 rings (SSSR count). The minimum absolute atomic E-state index is 0.0183. The third kappa shape index (κ3) is 6.13. The molecule has 0 fully saturated rings. The van der Waals surface area contributed by atoms with Crippen LogP contribution in [0.1, 0.15) is 104 Å². The maximum absolute atomic E-state index is 7.09. The normalized spacial score (nSPS) is 14.6. The highest BCUT2D eigenvalue weighted by molar-refractivity contribution is 6.94. The summed E-state index contributed by atoms with van der Waals surface area (Å²) in [6.07, 6.45) is 0. The van der Waals surface area contributed by atoms with Gasteiger partial charge in [-0.1, -0.05) is 179 Å². The molecule has 6 heteroatoms. The van der Waals surface area contributed by atoms with Crippen molar-refractivity contribution >= 4 is 83.9 Å². The Kier molecular flexibility index (Phi) is 8.98. The standard InChI is InChI=1S/C70H61BN4O/c1-67(2,3)41-26-30-45(31-27-41)75-55-36-48-46-32-28-43(69(7,8)9)35-58(46)76-59(48)37-50(55)61-60-47-24-18-19-25-51(47)70(10,11)63(60)62-49-34-42(68(4,5)6)29-33-54(49)74-56-39-57-53(38-52(56)71(75)64(61)65(62)74)72-66(40-20-14-12-15-21-40)73(57)44-22-16-13-17-23-44/h12-39H,1-11H3. The molecule has 3 aliphatic rings. The summed E-state index contributed by atoms with van der Waals surface area (Å²) in [4.78, 5) is 8.36. The first kappa shape index (κ1) is 45.3. The fraction of sp³-hybridized carbons (Fsp3) is 0.214. The number of benzene rings is 9. The zero-order valence-electron chi connectivity index (χ0n) is 45.4. The Morgan fingerprint density at radius 2 is 1.14 bits per heavy atom. The number of hydrogen-bond donors (Lipinski definition) is 0. The zero-order valence-corrected chi connectivity index (χ0v) is 45.4. The van der Waals surface area contributed by atoms with Crippen molar-refractivity contribution in [3.63, 3.8) is 0 Å².